The summed E-state index contributed by atoms with van der Waals surface area (Å²) >= 11 is 0. The standard InChI is InChI=1S/C21H15BF6O/c1-10-4-13(18(26)8-16(10)24)22(14-5-11(2)17(25)9-19(14)27)15-6-12(23)7-20(28)21(15)29-3/h4-9H,1-3H3. The van der Waals surface area contributed by atoms with Gasteiger partial charge in [-0.15, -0.1) is 0 Å². The zero-order valence-electron chi connectivity index (χ0n) is 15.7. The number of aryl methyl sites for hydroxylation is 2. The van der Waals surface area contributed by atoms with Gasteiger partial charge in [-0.25, -0.2) is 26.3 Å². The molecule has 0 aromatic heterocycles. The SMILES string of the molecule is COc1c(F)cc(F)cc1B(c1cc(C)c(F)cc1F)c1cc(C)c(F)cc1F. The number of ether oxygens (including phenoxy) is 1. The van der Waals surface area contributed by atoms with Crippen LogP contribution in [0, 0.1) is 48.8 Å². The van der Waals surface area contributed by atoms with E-state index in [1.807, 2.05) is 0 Å². The molecule has 0 bridgehead atoms. The molecule has 0 unspecified atom stereocenters. The molecule has 0 amide bonds. The lowest BCUT2D eigenvalue weighted by atomic mass is 9.36. The first-order chi connectivity index (χ1) is 13.6. The van der Waals surface area contributed by atoms with Crippen LogP contribution in [0.5, 0.6) is 5.75 Å². The van der Waals surface area contributed by atoms with Gasteiger partial charge in [-0.3, -0.25) is 0 Å². The van der Waals surface area contributed by atoms with Crippen LogP contribution in [-0.2, 0) is 0 Å². The monoisotopic (exact) mass is 408 g/mol. The third-order valence-corrected chi connectivity index (χ3v) is 4.73. The second-order valence-corrected chi connectivity index (χ2v) is 6.69. The van der Waals surface area contributed by atoms with Gasteiger partial charge in [-0.05, 0) is 47.4 Å². The van der Waals surface area contributed by atoms with E-state index in [-0.39, 0.29) is 27.5 Å². The highest BCUT2D eigenvalue weighted by atomic mass is 19.2. The van der Waals surface area contributed by atoms with Crippen molar-refractivity contribution in [1.82, 2.24) is 0 Å². The average Bonchev–Trinajstić information content (AvgIpc) is 2.63. The van der Waals surface area contributed by atoms with Crippen molar-refractivity contribution in [2.24, 2.45) is 0 Å². The Bertz CT molecular complexity index is 1040. The summed E-state index contributed by atoms with van der Waals surface area (Å²) in [5.41, 5.74) is -0.614. The van der Waals surface area contributed by atoms with Crippen molar-refractivity contribution < 1.29 is 31.1 Å². The number of benzene rings is 3. The minimum Gasteiger partial charge on any atom is -0.494 e. The molecule has 0 saturated carbocycles. The molecule has 0 N–H and O–H groups in total. The largest absolute Gasteiger partial charge is 0.494 e. The third-order valence-electron chi connectivity index (χ3n) is 4.73. The maximum absolute atomic E-state index is 14.7. The van der Waals surface area contributed by atoms with Gasteiger partial charge < -0.3 is 4.74 Å². The molecular weight excluding hydrogens is 393 g/mol. The molecular formula is C21H15BF6O. The van der Waals surface area contributed by atoms with E-state index in [2.05, 4.69) is 0 Å². The van der Waals surface area contributed by atoms with Crippen LogP contribution in [0.3, 0.4) is 0 Å². The minimum atomic E-state index is -1.42. The quantitative estimate of drug-likeness (QED) is 0.473. The topological polar surface area (TPSA) is 9.23 Å². The summed E-state index contributed by atoms with van der Waals surface area (Å²) in [4.78, 5) is 0. The summed E-state index contributed by atoms with van der Waals surface area (Å²) in [5.74, 6) is -6.28. The van der Waals surface area contributed by atoms with E-state index >= 15 is 0 Å². The summed E-state index contributed by atoms with van der Waals surface area (Å²) < 4.78 is 90.4. The fourth-order valence-electron chi connectivity index (χ4n) is 3.31. The first-order valence-electron chi connectivity index (χ1n) is 8.58. The van der Waals surface area contributed by atoms with Gasteiger partial charge in [0.15, 0.2) is 5.82 Å². The van der Waals surface area contributed by atoms with Gasteiger partial charge in [0, 0.05) is 18.2 Å². The van der Waals surface area contributed by atoms with E-state index in [1.165, 1.54) is 13.8 Å². The van der Waals surface area contributed by atoms with E-state index in [0.717, 1.165) is 25.3 Å². The first-order valence-corrected chi connectivity index (χ1v) is 8.58. The number of rotatable bonds is 4. The van der Waals surface area contributed by atoms with Gasteiger partial charge in [0.25, 0.3) is 6.71 Å². The fourth-order valence-corrected chi connectivity index (χ4v) is 3.31. The van der Waals surface area contributed by atoms with Crippen LogP contribution in [0.25, 0.3) is 0 Å². The second-order valence-electron chi connectivity index (χ2n) is 6.69. The highest BCUT2D eigenvalue weighted by molar-refractivity contribution is 6.96. The summed E-state index contributed by atoms with van der Waals surface area (Å²) in [7, 11) is 1.12. The lowest BCUT2D eigenvalue weighted by Gasteiger charge is -2.21. The fraction of sp³-hybridized carbons (Fsp3) is 0.143. The molecule has 0 radical (unpaired) electrons. The Hall–Kier alpha value is -2.90. The predicted molar refractivity (Wildman–Crippen MR) is 99.8 cm³/mol. The molecule has 150 valence electrons. The molecule has 0 saturated heterocycles. The number of hydrogen-bond acceptors (Lipinski definition) is 1. The smallest absolute Gasteiger partial charge is 0.253 e. The van der Waals surface area contributed by atoms with Crippen LogP contribution in [0.4, 0.5) is 26.3 Å². The first kappa shape index (κ1) is 20.8. The molecule has 0 atom stereocenters. The number of hydrogen-bond donors (Lipinski definition) is 0. The van der Waals surface area contributed by atoms with Crippen molar-refractivity contribution in [3.8, 4) is 5.75 Å². The number of methoxy groups -OCH3 is 1. The Morgan fingerprint density at radius 2 is 1.07 bits per heavy atom. The Morgan fingerprint density at radius 1 is 0.586 bits per heavy atom. The van der Waals surface area contributed by atoms with Gasteiger partial charge in [-0.1, -0.05) is 12.1 Å². The van der Waals surface area contributed by atoms with Gasteiger partial charge in [0.1, 0.15) is 34.8 Å². The van der Waals surface area contributed by atoms with Crippen LogP contribution >= 0.6 is 0 Å². The lowest BCUT2D eigenvalue weighted by Crippen LogP contribution is -2.55. The van der Waals surface area contributed by atoms with Crippen molar-refractivity contribution in [2.75, 3.05) is 7.11 Å². The van der Waals surface area contributed by atoms with Crippen molar-refractivity contribution in [2.45, 2.75) is 13.8 Å². The van der Waals surface area contributed by atoms with Crippen molar-refractivity contribution in [1.29, 1.82) is 0 Å². The zero-order chi connectivity index (χ0) is 21.5. The van der Waals surface area contributed by atoms with Crippen LogP contribution in [0.1, 0.15) is 11.1 Å². The van der Waals surface area contributed by atoms with E-state index in [1.54, 1.807) is 0 Å². The summed E-state index contributed by atoms with van der Waals surface area (Å²) in [6, 6.07) is 4.90. The molecule has 3 aromatic carbocycles. The molecule has 0 spiro atoms. The second kappa shape index (κ2) is 7.85. The summed E-state index contributed by atoms with van der Waals surface area (Å²) in [6.07, 6.45) is 0. The van der Waals surface area contributed by atoms with E-state index in [4.69, 9.17) is 4.74 Å². The van der Waals surface area contributed by atoms with Gasteiger partial charge in [0.05, 0.1) is 7.11 Å². The van der Waals surface area contributed by atoms with E-state index < -0.39 is 47.4 Å². The Kier molecular flexibility index (Phi) is 5.64. The van der Waals surface area contributed by atoms with Crippen molar-refractivity contribution >= 4 is 23.1 Å². The molecule has 0 aliphatic carbocycles. The molecule has 0 aliphatic rings. The molecule has 1 nitrogen and oxygen atoms in total. The molecule has 3 rings (SSSR count). The highest BCUT2D eigenvalue weighted by Gasteiger charge is 2.33. The number of halogens is 6. The highest BCUT2D eigenvalue weighted by Crippen LogP contribution is 2.19. The van der Waals surface area contributed by atoms with Crippen LogP contribution in [0.15, 0.2) is 36.4 Å². The Balaban J connectivity index is 2.42. The zero-order valence-corrected chi connectivity index (χ0v) is 15.7. The lowest BCUT2D eigenvalue weighted by molar-refractivity contribution is 0.387. The van der Waals surface area contributed by atoms with Gasteiger partial charge in [0.2, 0.25) is 0 Å². The average molecular weight is 408 g/mol. The van der Waals surface area contributed by atoms with E-state index in [9.17, 15) is 26.3 Å². The van der Waals surface area contributed by atoms with Crippen molar-refractivity contribution in [3.05, 3.63) is 82.4 Å². The summed E-state index contributed by atoms with van der Waals surface area (Å²) in [6.45, 7) is 1.31. The minimum absolute atomic E-state index is 0.0430. The molecule has 29 heavy (non-hydrogen) atoms. The van der Waals surface area contributed by atoms with Crippen LogP contribution in [-0.4, -0.2) is 13.8 Å². The van der Waals surface area contributed by atoms with Crippen molar-refractivity contribution in [3.63, 3.8) is 0 Å². The van der Waals surface area contributed by atoms with Crippen LogP contribution in [0.2, 0.25) is 0 Å². The molecule has 0 heterocycles. The molecule has 8 heteroatoms. The van der Waals surface area contributed by atoms with Crippen LogP contribution < -0.4 is 21.1 Å². The van der Waals surface area contributed by atoms with Gasteiger partial charge >= 0.3 is 0 Å². The molecule has 0 aliphatic heterocycles. The molecule has 3 aromatic rings. The third kappa shape index (κ3) is 3.84. The van der Waals surface area contributed by atoms with E-state index in [0.29, 0.717) is 18.2 Å². The predicted octanol–water partition coefficient (Wildman–Crippen LogP) is 3.66. The summed E-state index contributed by atoms with van der Waals surface area (Å²) in [5, 5.41) is 0. The molecule has 0 fully saturated rings. The maximum Gasteiger partial charge on any atom is 0.253 e. The Labute approximate surface area is 164 Å². The van der Waals surface area contributed by atoms with Gasteiger partial charge in [-0.2, -0.15) is 0 Å². The Morgan fingerprint density at radius 3 is 1.52 bits per heavy atom. The maximum atomic E-state index is 14.7. The normalized spacial score (nSPS) is 10.9.